The van der Waals surface area contributed by atoms with Gasteiger partial charge in [0.25, 0.3) is 5.69 Å². The Hall–Kier alpha value is -2.47. The van der Waals surface area contributed by atoms with E-state index in [0.29, 0.717) is 22.6 Å². The van der Waals surface area contributed by atoms with Crippen molar-refractivity contribution in [3.05, 3.63) is 63.5 Å². The number of nitro groups is 1. The number of aryl methyl sites for hydroxylation is 1. The first kappa shape index (κ1) is 14.9. The van der Waals surface area contributed by atoms with E-state index >= 15 is 0 Å². The summed E-state index contributed by atoms with van der Waals surface area (Å²) in [5.74, 6) is 0.246. The third kappa shape index (κ3) is 3.35. The van der Waals surface area contributed by atoms with E-state index in [0.717, 1.165) is 0 Å². The van der Waals surface area contributed by atoms with Gasteiger partial charge in [0.2, 0.25) is 0 Å². The molecule has 1 atom stereocenters. The molecule has 6 heteroatoms. The Morgan fingerprint density at radius 2 is 1.90 bits per heavy atom. The molecule has 0 aromatic heterocycles. The van der Waals surface area contributed by atoms with Gasteiger partial charge >= 0.3 is 0 Å². The summed E-state index contributed by atoms with van der Waals surface area (Å²) in [5, 5.41) is 20.4. The van der Waals surface area contributed by atoms with Crippen LogP contribution in [-0.4, -0.2) is 10.0 Å². The number of hydrogen-bond donors (Lipinski definition) is 1. The van der Waals surface area contributed by atoms with Gasteiger partial charge in [-0.15, -0.1) is 0 Å². The maximum absolute atomic E-state index is 13.2. The largest absolute Gasteiger partial charge is 0.457 e. The minimum absolute atomic E-state index is 0.0327. The minimum atomic E-state index is -0.894. The summed E-state index contributed by atoms with van der Waals surface area (Å²) in [6.45, 7) is 3.18. The van der Waals surface area contributed by atoms with Crippen molar-refractivity contribution in [2.24, 2.45) is 0 Å². The number of benzene rings is 2. The highest BCUT2D eigenvalue weighted by atomic mass is 19.1. The highest BCUT2D eigenvalue weighted by molar-refractivity contribution is 5.46. The van der Waals surface area contributed by atoms with Crippen molar-refractivity contribution in [1.82, 2.24) is 0 Å². The number of nitro benzene ring substituents is 1. The van der Waals surface area contributed by atoms with Crippen LogP contribution in [0.5, 0.6) is 11.5 Å². The Kier molecular flexibility index (Phi) is 4.18. The fourth-order valence-corrected chi connectivity index (χ4v) is 1.92. The molecule has 1 unspecified atom stereocenters. The lowest BCUT2D eigenvalue weighted by molar-refractivity contribution is -0.384. The summed E-state index contributed by atoms with van der Waals surface area (Å²) in [6.07, 6.45) is -0.894. The van der Waals surface area contributed by atoms with Gasteiger partial charge in [0, 0.05) is 17.7 Å². The van der Waals surface area contributed by atoms with E-state index in [-0.39, 0.29) is 5.69 Å². The van der Waals surface area contributed by atoms with Crippen LogP contribution >= 0.6 is 0 Å². The molecule has 0 heterocycles. The van der Waals surface area contributed by atoms with Gasteiger partial charge in [0.15, 0.2) is 0 Å². The van der Waals surface area contributed by atoms with Crippen LogP contribution in [0.25, 0.3) is 0 Å². The summed E-state index contributed by atoms with van der Waals surface area (Å²) >= 11 is 0. The van der Waals surface area contributed by atoms with Gasteiger partial charge in [-0.1, -0.05) is 0 Å². The zero-order valence-corrected chi connectivity index (χ0v) is 11.5. The smallest absolute Gasteiger partial charge is 0.269 e. The number of hydrogen-bond acceptors (Lipinski definition) is 4. The zero-order valence-electron chi connectivity index (χ0n) is 11.5. The van der Waals surface area contributed by atoms with Gasteiger partial charge in [-0.05, 0) is 43.7 Å². The lowest BCUT2D eigenvalue weighted by atomic mass is 10.1. The van der Waals surface area contributed by atoms with Crippen molar-refractivity contribution >= 4 is 5.69 Å². The summed E-state index contributed by atoms with van der Waals surface area (Å²) in [7, 11) is 0. The van der Waals surface area contributed by atoms with Gasteiger partial charge in [-0.25, -0.2) is 4.39 Å². The molecule has 0 bridgehead atoms. The predicted molar refractivity (Wildman–Crippen MR) is 74.9 cm³/mol. The van der Waals surface area contributed by atoms with Gasteiger partial charge in [0.05, 0.1) is 11.0 Å². The molecular formula is C15H14FNO4. The van der Waals surface area contributed by atoms with Gasteiger partial charge in [-0.2, -0.15) is 0 Å². The third-order valence-electron chi connectivity index (χ3n) is 3.01. The molecule has 0 aliphatic heterocycles. The number of aliphatic hydroxyl groups excluding tert-OH is 1. The van der Waals surface area contributed by atoms with Crippen LogP contribution < -0.4 is 4.74 Å². The average molecular weight is 291 g/mol. The number of rotatable bonds is 4. The van der Waals surface area contributed by atoms with Crippen LogP contribution in [0.15, 0.2) is 36.4 Å². The molecule has 0 aliphatic rings. The lowest BCUT2D eigenvalue weighted by Crippen LogP contribution is -1.98. The number of nitrogens with zero attached hydrogens (tertiary/aromatic N) is 1. The molecule has 2 aromatic carbocycles. The molecule has 0 saturated heterocycles. The van der Waals surface area contributed by atoms with Gasteiger partial charge in [-0.3, -0.25) is 10.1 Å². The molecule has 0 radical (unpaired) electrons. The van der Waals surface area contributed by atoms with E-state index in [2.05, 4.69) is 0 Å². The van der Waals surface area contributed by atoms with Crippen LogP contribution in [0.3, 0.4) is 0 Å². The van der Waals surface area contributed by atoms with Crippen molar-refractivity contribution in [3.8, 4) is 11.5 Å². The molecular weight excluding hydrogens is 277 g/mol. The van der Waals surface area contributed by atoms with E-state index in [9.17, 15) is 19.6 Å². The molecule has 1 N–H and O–H groups in total. The van der Waals surface area contributed by atoms with Crippen molar-refractivity contribution < 1.29 is 19.2 Å². The molecule has 0 aliphatic carbocycles. The Morgan fingerprint density at radius 1 is 1.24 bits per heavy atom. The molecule has 21 heavy (non-hydrogen) atoms. The SMILES string of the molecule is Cc1cc([N+](=O)[O-])ccc1Oc1ccc(F)cc1C(C)O. The van der Waals surface area contributed by atoms with E-state index in [4.69, 9.17) is 4.74 Å². The summed E-state index contributed by atoms with van der Waals surface area (Å²) in [5.41, 5.74) is 0.854. The molecule has 110 valence electrons. The van der Waals surface area contributed by atoms with E-state index in [1.54, 1.807) is 6.92 Å². The molecule has 0 saturated carbocycles. The highest BCUT2D eigenvalue weighted by Gasteiger charge is 2.14. The molecule has 0 spiro atoms. The Balaban J connectivity index is 2.36. The second-order valence-electron chi connectivity index (χ2n) is 4.67. The Labute approximate surface area is 120 Å². The second-order valence-corrected chi connectivity index (χ2v) is 4.67. The molecule has 2 aromatic rings. The molecule has 0 amide bonds. The van der Waals surface area contributed by atoms with Crippen LogP contribution in [0.2, 0.25) is 0 Å². The third-order valence-corrected chi connectivity index (χ3v) is 3.01. The standard InChI is InChI=1S/C15H14FNO4/c1-9-7-12(17(19)20)4-6-14(9)21-15-5-3-11(16)8-13(15)10(2)18/h3-8,10,18H,1-2H3. The average Bonchev–Trinajstić information content (AvgIpc) is 2.42. The van der Waals surface area contributed by atoms with Crippen LogP contribution in [-0.2, 0) is 0 Å². The number of ether oxygens (including phenoxy) is 1. The van der Waals surface area contributed by atoms with Crippen molar-refractivity contribution in [1.29, 1.82) is 0 Å². The summed E-state index contributed by atoms with van der Waals surface area (Å²) in [6, 6.07) is 8.03. The van der Waals surface area contributed by atoms with Crippen molar-refractivity contribution in [2.75, 3.05) is 0 Å². The topological polar surface area (TPSA) is 72.6 Å². The number of aliphatic hydroxyl groups is 1. The fraction of sp³-hybridized carbons (Fsp3) is 0.200. The minimum Gasteiger partial charge on any atom is -0.457 e. The molecule has 5 nitrogen and oxygen atoms in total. The monoisotopic (exact) mass is 291 g/mol. The number of non-ortho nitro benzene ring substituents is 1. The van der Waals surface area contributed by atoms with E-state index in [1.807, 2.05) is 0 Å². The molecule has 2 rings (SSSR count). The zero-order chi connectivity index (χ0) is 15.6. The maximum Gasteiger partial charge on any atom is 0.269 e. The quantitative estimate of drug-likeness (QED) is 0.685. The van der Waals surface area contributed by atoms with Crippen LogP contribution in [0.4, 0.5) is 10.1 Å². The van der Waals surface area contributed by atoms with Gasteiger partial charge in [0.1, 0.15) is 17.3 Å². The summed E-state index contributed by atoms with van der Waals surface area (Å²) in [4.78, 5) is 10.2. The van der Waals surface area contributed by atoms with Crippen LogP contribution in [0, 0.1) is 22.9 Å². The first-order chi connectivity index (χ1) is 9.88. The molecule has 0 fully saturated rings. The highest BCUT2D eigenvalue weighted by Crippen LogP contribution is 2.33. The summed E-state index contributed by atoms with van der Waals surface area (Å²) < 4.78 is 18.9. The van der Waals surface area contributed by atoms with E-state index in [1.165, 1.54) is 43.3 Å². The second kappa shape index (κ2) is 5.88. The maximum atomic E-state index is 13.2. The fourth-order valence-electron chi connectivity index (χ4n) is 1.92. The van der Waals surface area contributed by atoms with Gasteiger partial charge < -0.3 is 9.84 Å². The van der Waals surface area contributed by atoms with E-state index < -0.39 is 16.8 Å². The van der Waals surface area contributed by atoms with Crippen LogP contribution in [0.1, 0.15) is 24.2 Å². The lowest BCUT2D eigenvalue weighted by Gasteiger charge is -2.14. The Bertz CT molecular complexity index is 685. The normalized spacial score (nSPS) is 12.0. The predicted octanol–water partition coefficient (Wildman–Crippen LogP) is 3.89. The Morgan fingerprint density at radius 3 is 2.48 bits per heavy atom. The first-order valence-corrected chi connectivity index (χ1v) is 6.29. The number of halogens is 1. The van der Waals surface area contributed by atoms with Crippen molar-refractivity contribution in [3.63, 3.8) is 0 Å². The first-order valence-electron chi connectivity index (χ1n) is 6.29. The van der Waals surface area contributed by atoms with Crippen molar-refractivity contribution in [2.45, 2.75) is 20.0 Å².